The molecule has 1 N–H and O–H groups in total. The van der Waals surface area contributed by atoms with Crippen molar-refractivity contribution >= 4 is 16.8 Å². The second-order valence-electron chi connectivity index (χ2n) is 11.9. The van der Waals surface area contributed by atoms with Gasteiger partial charge in [-0.1, -0.05) is 81.4 Å². The summed E-state index contributed by atoms with van der Waals surface area (Å²) < 4.78 is 0. The number of rotatable bonds is 2. The quantitative estimate of drug-likeness (QED) is 0.175. The molecule has 0 aliphatic rings. The molecule has 4 nitrogen and oxygen atoms in total. The van der Waals surface area contributed by atoms with Crippen LogP contribution in [0, 0.1) is 23.8 Å². The first-order chi connectivity index (χ1) is 15.5. The molecule has 191 valence electrons. The predicted molar refractivity (Wildman–Crippen MR) is 142 cm³/mol. The van der Waals surface area contributed by atoms with Crippen LogP contribution in [-0.2, 0) is 30.3 Å². The van der Waals surface area contributed by atoms with E-state index in [0.29, 0.717) is 0 Å². The van der Waals surface area contributed by atoms with Crippen molar-refractivity contribution in [2.45, 2.75) is 74.7 Å². The molecule has 0 aliphatic heterocycles. The first-order valence-corrected chi connectivity index (χ1v) is 11.7. The molecule has 0 bridgehead atoms. The van der Waals surface area contributed by atoms with E-state index >= 15 is 0 Å². The van der Waals surface area contributed by atoms with E-state index in [1.165, 1.54) is 11.6 Å². The number of aryl methyl sites for hydroxylation is 1. The number of pyridine rings is 2. The van der Waals surface area contributed by atoms with Crippen LogP contribution >= 0.6 is 0 Å². The molecule has 0 saturated heterocycles. The molecule has 5 heteroatoms. The maximum atomic E-state index is 11.5. The summed E-state index contributed by atoms with van der Waals surface area (Å²) in [5.41, 5.74) is 4.53. The number of aromatic nitrogens is 2. The number of nitrogens with zero attached hydrogens (tertiary/aromatic N) is 2. The molecule has 0 amide bonds. The molecule has 0 spiro atoms. The van der Waals surface area contributed by atoms with Crippen molar-refractivity contribution in [1.82, 2.24) is 9.97 Å². The smallest absolute Gasteiger partial charge is 0.164 e. The van der Waals surface area contributed by atoms with Crippen molar-refractivity contribution in [2.24, 2.45) is 10.8 Å². The van der Waals surface area contributed by atoms with Gasteiger partial charge in [0.25, 0.3) is 0 Å². The van der Waals surface area contributed by atoms with Crippen molar-refractivity contribution in [3.63, 3.8) is 0 Å². The number of allylic oxidation sites excluding steroid dienone is 2. The molecule has 35 heavy (non-hydrogen) atoms. The summed E-state index contributed by atoms with van der Waals surface area (Å²) in [5.74, 6) is 0.104. The van der Waals surface area contributed by atoms with Crippen molar-refractivity contribution in [3.05, 3.63) is 71.6 Å². The fourth-order valence-corrected chi connectivity index (χ4v) is 2.95. The van der Waals surface area contributed by atoms with E-state index in [4.69, 9.17) is 0 Å². The second kappa shape index (κ2) is 11.6. The number of fused-ring (bicyclic) bond motifs is 1. The molecule has 1 radical (unpaired) electrons. The van der Waals surface area contributed by atoms with E-state index in [9.17, 15) is 9.90 Å². The molecule has 3 aromatic rings. The Balaban J connectivity index is 0.000000383. The predicted octanol–water partition coefficient (Wildman–Crippen LogP) is 7.79. The van der Waals surface area contributed by atoms with Gasteiger partial charge < -0.3 is 5.11 Å². The largest absolute Gasteiger partial charge is 0.512 e. The van der Waals surface area contributed by atoms with Gasteiger partial charge in [-0.2, -0.15) is 0 Å². The van der Waals surface area contributed by atoms with Crippen LogP contribution in [0.25, 0.3) is 22.3 Å². The number of ketones is 1. The van der Waals surface area contributed by atoms with Crippen LogP contribution in [0.1, 0.15) is 73.4 Å². The average molecular weight is 652 g/mol. The van der Waals surface area contributed by atoms with Gasteiger partial charge in [0.1, 0.15) is 11.4 Å². The third-order valence-corrected chi connectivity index (χ3v) is 5.39. The molecule has 0 unspecified atom stereocenters. The molecule has 0 fully saturated rings. The zero-order valence-electron chi connectivity index (χ0n) is 22.7. The topological polar surface area (TPSA) is 63.1 Å². The van der Waals surface area contributed by atoms with E-state index < -0.39 is 5.41 Å². The Morgan fingerprint density at radius 2 is 1.57 bits per heavy atom. The Morgan fingerprint density at radius 3 is 2.11 bits per heavy atom. The fraction of sp³-hybridized carbons (Fsp3) is 0.433. The third kappa shape index (κ3) is 8.98. The fourth-order valence-electron chi connectivity index (χ4n) is 2.95. The average Bonchev–Trinajstić information content (AvgIpc) is 2.71. The number of carbonyl (C=O) groups is 1. The molecule has 0 atom stereocenters. The summed E-state index contributed by atoms with van der Waals surface area (Å²) in [6, 6.07) is 15.9. The van der Waals surface area contributed by atoms with Gasteiger partial charge in [0.15, 0.2) is 5.78 Å². The maximum absolute atomic E-state index is 11.5. The molecule has 3 rings (SSSR count). The van der Waals surface area contributed by atoms with Crippen LogP contribution < -0.4 is 0 Å². The number of aliphatic hydroxyl groups excluding tert-OH is 1. The molecule has 1 aromatic carbocycles. The minimum Gasteiger partial charge on any atom is -0.512 e. The van der Waals surface area contributed by atoms with Gasteiger partial charge in [-0.25, -0.2) is 4.98 Å². The van der Waals surface area contributed by atoms with Crippen LogP contribution in [0.5, 0.6) is 0 Å². The van der Waals surface area contributed by atoms with Crippen LogP contribution in [-0.4, -0.2) is 20.9 Å². The zero-order valence-corrected chi connectivity index (χ0v) is 25.1. The summed E-state index contributed by atoms with van der Waals surface area (Å²) in [4.78, 5) is 20.5. The van der Waals surface area contributed by atoms with Gasteiger partial charge in [-0.3, -0.25) is 9.78 Å². The summed E-state index contributed by atoms with van der Waals surface area (Å²) >= 11 is 0. The van der Waals surface area contributed by atoms with Crippen molar-refractivity contribution in [2.75, 3.05) is 0 Å². The molecule has 2 aromatic heterocycles. The second-order valence-corrected chi connectivity index (χ2v) is 11.9. The van der Waals surface area contributed by atoms with Gasteiger partial charge in [0, 0.05) is 48.6 Å². The summed E-state index contributed by atoms with van der Waals surface area (Å²) in [5, 5.41) is 10.6. The third-order valence-electron chi connectivity index (χ3n) is 5.39. The van der Waals surface area contributed by atoms with Crippen molar-refractivity contribution in [1.29, 1.82) is 0 Å². The van der Waals surface area contributed by atoms with Gasteiger partial charge in [0.05, 0.1) is 0 Å². The zero-order chi connectivity index (χ0) is 25.9. The van der Waals surface area contributed by atoms with Crippen LogP contribution in [0.4, 0.5) is 0 Å². The molecule has 0 aliphatic carbocycles. The van der Waals surface area contributed by atoms with Crippen LogP contribution in [0.15, 0.2) is 54.4 Å². The van der Waals surface area contributed by atoms with Crippen LogP contribution in [0.2, 0.25) is 0 Å². The molecule has 2 heterocycles. The summed E-state index contributed by atoms with van der Waals surface area (Å²) in [6.07, 6.45) is 3.11. The van der Waals surface area contributed by atoms with E-state index in [2.05, 4.69) is 61.9 Å². The van der Waals surface area contributed by atoms with Crippen molar-refractivity contribution < 1.29 is 30.0 Å². The van der Waals surface area contributed by atoms with Gasteiger partial charge in [-0.05, 0) is 23.2 Å². The van der Waals surface area contributed by atoms with Gasteiger partial charge in [0.2, 0.25) is 0 Å². The van der Waals surface area contributed by atoms with Gasteiger partial charge in [-0.15, -0.1) is 34.9 Å². The Hall–Kier alpha value is -2.36. The van der Waals surface area contributed by atoms with E-state index in [0.717, 1.165) is 27.9 Å². The minimum absolute atomic E-state index is 0. The number of hydrogen-bond acceptors (Lipinski definition) is 4. The Bertz CT molecular complexity index is 1190. The van der Waals surface area contributed by atoms with Crippen molar-refractivity contribution in [3.8, 4) is 11.3 Å². The SMILES string of the molecule is CC(C)(C)C(=O)/C=C(\O)C(C)(C)C.Cc1[c-]c(-c2ccc3cccnc3n2)cc(C(C)(C)C)c1.[Ir]. The standard InChI is InChI=1S/C19H19N2.C11H20O2.Ir/c1-13-10-15(12-16(11-13)19(2,3)4)17-8-7-14-6-5-9-20-18(14)21-17;1-10(2,3)8(12)7-9(13)11(4,5)6;/h5-9,11-12H,1-4H3;7,12H,1-6H3;/q-1;;/b;8-7-;. The minimum atomic E-state index is -0.417. The normalized spacial score (nSPS) is 12.5. The monoisotopic (exact) mass is 652 g/mol. The number of aliphatic hydroxyl groups is 1. The first kappa shape index (κ1) is 30.7. The summed E-state index contributed by atoms with van der Waals surface area (Å²) in [6.45, 7) is 19.9. The molecule has 0 saturated carbocycles. The molecular weight excluding hydrogens is 613 g/mol. The van der Waals surface area contributed by atoms with E-state index in [1.54, 1.807) is 6.20 Å². The maximum Gasteiger partial charge on any atom is 0.164 e. The van der Waals surface area contributed by atoms with Gasteiger partial charge >= 0.3 is 0 Å². The Kier molecular flexibility index (Phi) is 10.1. The van der Waals surface area contributed by atoms with E-state index in [1.807, 2.05) is 59.7 Å². The number of carbonyl (C=O) groups excluding carboxylic acids is 1. The molecular formula is C30H39IrN2O2-. The van der Waals surface area contributed by atoms with Crippen LogP contribution in [0.3, 0.4) is 0 Å². The number of hydrogen-bond donors (Lipinski definition) is 1. The first-order valence-electron chi connectivity index (χ1n) is 11.7. The Labute approximate surface area is 224 Å². The Morgan fingerprint density at radius 1 is 0.943 bits per heavy atom. The number of benzene rings is 1. The van der Waals surface area contributed by atoms with E-state index in [-0.39, 0.29) is 42.5 Å². The summed E-state index contributed by atoms with van der Waals surface area (Å²) in [7, 11) is 0.